The van der Waals surface area contributed by atoms with Crippen LogP contribution in [0, 0.1) is 11.7 Å². The van der Waals surface area contributed by atoms with Crippen molar-refractivity contribution in [2.45, 2.75) is 19.8 Å². The first-order valence-electron chi connectivity index (χ1n) is 10.6. The third kappa shape index (κ3) is 3.69. The van der Waals surface area contributed by atoms with E-state index in [0.717, 1.165) is 24.1 Å². The predicted octanol–water partition coefficient (Wildman–Crippen LogP) is 5.07. The fraction of sp³-hybridized carbons (Fsp3) is 0.240. The van der Waals surface area contributed by atoms with Gasteiger partial charge in [0.05, 0.1) is 11.4 Å². The lowest BCUT2D eigenvalue weighted by atomic mass is 9.99. The Morgan fingerprint density at radius 3 is 2.42 bits per heavy atom. The smallest absolute Gasteiger partial charge is 0.272 e. The van der Waals surface area contributed by atoms with Crippen molar-refractivity contribution in [1.82, 2.24) is 19.5 Å². The number of hydrogen-bond acceptors (Lipinski definition) is 3. The third-order valence-corrected chi connectivity index (χ3v) is 5.94. The van der Waals surface area contributed by atoms with E-state index in [9.17, 15) is 9.18 Å². The summed E-state index contributed by atoms with van der Waals surface area (Å²) in [5.41, 5.74) is 3.38. The van der Waals surface area contributed by atoms with Crippen LogP contribution in [-0.4, -0.2) is 38.5 Å². The second kappa shape index (κ2) is 7.95. The molecule has 0 spiro atoms. The van der Waals surface area contributed by atoms with Crippen molar-refractivity contribution >= 4 is 11.6 Å². The van der Waals surface area contributed by atoms with Crippen LogP contribution in [0.5, 0.6) is 0 Å². The molecule has 0 atom stereocenters. The highest BCUT2D eigenvalue weighted by Crippen LogP contribution is 2.27. The number of carbonyl (C=O) groups excluding carboxylic acids is 1. The van der Waals surface area contributed by atoms with Gasteiger partial charge in [0.1, 0.15) is 11.5 Å². The van der Waals surface area contributed by atoms with Crippen molar-refractivity contribution in [2.24, 2.45) is 5.92 Å². The van der Waals surface area contributed by atoms with Gasteiger partial charge in [0.2, 0.25) is 0 Å². The molecule has 0 radical (unpaired) electrons. The molecule has 6 heteroatoms. The fourth-order valence-electron chi connectivity index (χ4n) is 4.06. The van der Waals surface area contributed by atoms with Crippen molar-refractivity contribution in [3.8, 4) is 22.5 Å². The Morgan fingerprint density at radius 1 is 0.968 bits per heavy atom. The minimum Gasteiger partial charge on any atom is -0.337 e. The van der Waals surface area contributed by atoms with Crippen LogP contribution in [0.25, 0.3) is 28.2 Å². The zero-order valence-corrected chi connectivity index (χ0v) is 17.3. The van der Waals surface area contributed by atoms with Gasteiger partial charge in [-0.1, -0.05) is 49.4 Å². The van der Waals surface area contributed by atoms with Crippen LogP contribution in [0.4, 0.5) is 4.39 Å². The number of fused-ring (bicyclic) bond motifs is 1. The number of aromatic nitrogens is 3. The molecule has 0 unspecified atom stereocenters. The van der Waals surface area contributed by atoms with E-state index in [0.29, 0.717) is 41.6 Å². The highest BCUT2D eigenvalue weighted by molar-refractivity contribution is 5.94. The first-order valence-corrected chi connectivity index (χ1v) is 10.6. The lowest BCUT2D eigenvalue weighted by Gasteiger charge is -2.30. The molecule has 1 aliphatic heterocycles. The summed E-state index contributed by atoms with van der Waals surface area (Å²) in [7, 11) is 0. The van der Waals surface area contributed by atoms with Crippen LogP contribution in [0.15, 0.2) is 66.7 Å². The van der Waals surface area contributed by atoms with E-state index in [4.69, 9.17) is 0 Å². The molecule has 1 saturated heterocycles. The largest absolute Gasteiger partial charge is 0.337 e. The van der Waals surface area contributed by atoms with Crippen molar-refractivity contribution in [3.05, 3.63) is 78.2 Å². The topological polar surface area (TPSA) is 50.5 Å². The highest BCUT2D eigenvalue weighted by atomic mass is 19.1. The molecule has 1 aliphatic rings. The average molecular weight is 414 g/mol. The maximum absolute atomic E-state index is 14.5. The van der Waals surface area contributed by atoms with Gasteiger partial charge in [-0.2, -0.15) is 5.10 Å². The molecule has 1 amide bonds. The summed E-state index contributed by atoms with van der Waals surface area (Å²) in [6.45, 7) is 3.64. The molecule has 4 aromatic rings. The van der Waals surface area contributed by atoms with Gasteiger partial charge in [-0.25, -0.2) is 13.9 Å². The molecular formula is C25H23FN4O. The molecule has 156 valence electrons. The van der Waals surface area contributed by atoms with Gasteiger partial charge in [-0.3, -0.25) is 4.79 Å². The number of nitrogens with zero attached hydrogens (tertiary/aromatic N) is 4. The lowest BCUT2D eigenvalue weighted by molar-refractivity contribution is 0.0688. The number of rotatable bonds is 3. The Bertz CT molecular complexity index is 1240. The number of hydrogen-bond donors (Lipinski definition) is 0. The second-order valence-electron chi connectivity index (χ2n) is 8.15. The molecule has 0 N–H and O–H groups in total. The van der Waals surface area contributed by atoms with E-state index in [1.165, 1.54) is 6.07 Å². The minimum atomic E-state index is -0.368. The maximum Gasteiger partial charge on any atom is 0.272 e. The summed E-state index contributed by atoms with van der Waals surface area (Å²) in [6.07, 6.45) is 1.96. The Labute approximate surface area is 180 Å². The van der Waals surface area contributed by atoms with Gasteiger partial charge < -0.3 is 4.90 Å². The average Bonchev–Trinajstić information content (AvgIpc) is 3.24. The van der Waals surface area contributed by atoms with Crippen LogP contribution in [0.3, 0.4) is 0 Å². The first kappa shape index (κ1) is 19.4. The predicted molar refractivity (Wildman–Crippen MR) is 118 cm³/mol. The van der Waals surface area contributed by atoms with Gasteiger partial charge in [-0.15, -0.1) is 0 Å². The number of piperidine rings is 1. The molecule has 0 aliphatic carbocycles. The van der Waals surface area contributed by atoms with Crippen molar-refractivity contribution in [3.63, 3.8) is 0 Å². The molecule has 31 heavy (non-hydrogen) atoms. The molecule has 2 aromatic heterocycles. The number of amides is 1. The van der Waals surface area contributed by atoms with Gasteiger partial charge in [0.25, 0.3) is 5.91 Å². The Hall–Kier alpha value is -3.54. The maximum atomic E-state index is 14.5. The summed E-state index contributed by atoms with van der Waals surface area (Å²) in [5.74, 6) is 0.150. The lowest BCUT2D eigenvalue weighted by Crippen LogP contribution is -2.38. The highest BCUT2D eigenvalue weighted by Gasteiger charge is 2.25. The zero-order chi connectivity index (χ0) is 21.4. The fourth-order valence-corrected chi connectivity index (χ4v) is 4.06. The minimum absolute atomic E-state index is 0.0976. The number of benzene rings is 2. The van der Waals surface area contributed by atoms with Crippen LogP contribution < -0.4 is 0 Å². The summed E-state index contributed by atoms with van der Waals surface area (Å²) in [6, 6.07) is 19.8. The Balaban J connectivity index is 1.66. The monoisotopic (exact) mass is 414 g/mol. The summed E-state index contributed by atoms with van der Waals surface area (Å²) < 4.78 is 16.1. The number of likely N-dealkylation sites (tertiary alicyclic amines) is 1. The van der Waals surface area contributed by atoms with Gasteiger partial charge in [-0.05, 0) is 37.0 Å². The van der Waals surface area contributed by atoms with E-state index in [-0.39, 0.29) is 11.7 Å². The zero-order valence-electron chi connectivity index (χ0n) is 17.3. The Morgan fingerprint density at radius 2 is 1.68 bits per heavy atom. The molecule has 5 nitrogen and oxygen atoms in total. The summed E-state index contributed by atoms with van der Waals surface area (Å²) >= 11 is 0. The normalized spacial score (nSPS) is 14.8. The van der Waals surface area contributed by atoms with Gasteiger partial charge >= 0.3 is 0 Å². The summed E-state index contributed by atoms with van der Waals surface area (Å²) in [4.78, 5) is 20.0. The van der Waals surface area contributed by atoms with E-state index >= 15 is 0 Å². The van der Waals surface area contributed by atoms with Crippen molar-refractivity contribution < 1.29 is 9.18 Å². The molecule has 0 bridgehead atoms. The molecule has 1 fully saturated rings. The van der Waals surface area contributed by atoms with Crippen molar-refractivity contribution in [1.29, 1.82) is 0 Å². The SMILES string of the molecule is CC1CCN(C(=O)c2cc(-c3ccccc3F)nc3cc(-c4ccccc4)nn23)CC1. The first-order chi connectivity index (χ1) is 15.1. The molecular weight excluding hydrogens is 391 g/mol. The second-order valence-corrected chi connectivity index (χ2v) is 8.15. The molecule has 5 rings (SSSR count). The Kier molecular flexibility index (Phi) is 4.98. The van der Waals surface area contributed by atoms with Gasteiger partial charge in [0.15, 0.2) is 5.65 Å². The number of carbonyl (C=O) groups is 1. The van der Waals surface area contributed by atoms with E-state index in [1.54, 1.807) is 28.8 Å². The summed E-state index contributed by atoms with van der Waals surface area (Å²) in [5, 5.41) is 4.68. The third-order valence-electron chi connectivity index (χ3n) is 5.94. The van der Waals surface area contributed by atoms with E-state index in [1.807, 2.05) is 41.3 Å². The molecule has 3 heterocycles. The molecule has 2 aromatic carbocycles. The van der Waals surface area contributed by atoms with Crippen LogP contribution in [0.1, 0.15) is 30.3 Å². The quantitative estimate of drug-likeness (QED) is 0.470. The van der Waals surface area contributed by atoms with Crippen LogP contribution >= 0.6 is 0 Å². The van der Waals surface area contributed by atoms with Gasteiger partial charge in [0, 0.05) is 30.3 Å². The van der Waals surface area contributed by atoms with E-state index < -0.39 is 0 Å². The number of halogens is 1. The van der Waals surface area contributed by atoms with E-state index in [2.05, 4.69) is 17.0 Å². The van der Waals surface area contributed by atoms with Crippen LogP contribution in [-0.2, 0) is 0 Å². The standard InChI is InChI=1S/C25H23FN4O/c1-17-11-13-29(14-12-17)25(31)23-15-22(19-9-5-6-10-20(19)26)27-24-16-21(28-30(23)24)18-7-3-2-4-8-18/h2-10,15-17H,11-14H2,1H3. The van der Waals surface area contributed by atoms with Crippen LogP contribution in [0.2, 0.25) is 0 Å². The van der Waals surface area contributed by atoms with Crippen molar-refractivity contribution in [2.75, 3.05) is 13.1 Å². The molecule has 0 saturated carbocycles.